The first-order chi connectivity index (χ1) is 12.3. The zero-order valence-electron chi connectivity index (χ0n) is 14.6. The van der Waals surface area contributed by atoms with E-state index in [4.69, 9.17) is 4.74 Å². The Hall–Kier alpha value is -1.27. The van der Waals surface area contributed by atoms with Gasteiger partial charge in [0.05, 0.1) is 4.88 Å². The first-order valence-electron chi connectivity index (χ1n) is 9.42. The van der Waals surface area contributed by atoms with E-state index in [-0.39, 0.29) is 12.1 Å². The molecule has 2 aromatic rings. The molecule has 1 fully saturated rings. The summed E-state index contributed by atoms with van der Waals surface area (Å²) in [6.07, 6.45) is 13.5. The van der Waals surface area contributed by atoms with Crippen LogP contribution < -0.4 is 0 Å². The molecule has 1 saturated carbocycles. The number of hydrogen-bond donors (Lipinski definition) is 0. The topological polar surface area (TPSA) is 52.1 Å². The molecule has 2 heterocycles. The summed E-state index contributed by atoms with van der Waals surface area (Å²) in [5.74, 6) is -0.254. The fourth-order valence-corrected chi connectivity index (χ4v) is 4.69. The number of rotatable bonds is 3. The minimum Gasteiger partial charge on any atom is -0.458 e. The van der Waals surface area contributed by atoms with Gasteiger partial charge in [0.25, 0.3) is 0 Å². The molecule has 0 bridgehead atoms. The predicted molar refractivity (Wildman–Crippen MR) is 103 cm³/mol. The quantitative estimate of drug-likeness (QED) is 0.606. The van der Waals surface area contributed by atoms with E-state index < -0.39 is 0 Å². The third-order valence-electron chi connectivity index (χ3n) is 4.75. The maximum absolute atomic E-state index is 12.7. The van der Waals surface area contributed by atoms with Gasteiger partial charge in [-0.2, -0.15) is 0 Å². The third kappa shape index (κ3) is 5.61. The first kappa shape index (κ1) is 18.5. The number of carbonyl (C=O) groups excluding carboxylic acids is 1. The highest BCUT2D eigenvalue weighted by Gasteiger charge is 2.23. The summed E-state index contributed by atoms with van der Waals surface area (Å²) in [7, 11) is 0. The average molecular weight is 379 g/mol. The first-order valence-corrected chi connectivity index (χ1v) is 11.1. The minimum atomic E-state index is -0.254. The molecule has 0 atom stereocenters. The molecule has 4 nitrogen and oxygen atoms in total. The molecule has 25 heavy (non-hydrogen) atoms. The van der Waals surface area contributed by atoms with Gasteiger partial charge in [-0.15, -0.1) is 16.4 Å². The standard InChI is InChI=1S/C19H26N2O2S2/c22-19(18-17(20-21-25-18)16-13-10-14-24-16)23-15-11-8-6-4-2-1-3-5-7-9-12-15/h10,13-15H,1-9,11-12H2. The molecule has 136 valence electrons. The van der Waals surface area contributed by atoms with E-state index in [9.17, 15) is 4.79 Å². The van der Waals surface area contributed by atoms with Crippen LogP contribution in [0.4, 0.5) is 0 Å². The van der Waals surface area contributed by atoms with Gasteiger partial charge in [0.1, 0.15) is 11.8 Å². The van der Waals surface area contributed by atoms with Gasteiger partial charge >= 0.3 is 5.97 Å². The lowest BCUT2D eigenvalue weighted by molar-refractivity contribution is 0.0254. The Balaban J connectivity index is 1.61. The number of thiophene rings is 1. The van der Waals surface area contributed by atoms with Crippen LogP contribution in [0.25, 0.3) is 10.6 Å². The molecule has 2 aromatic heterocycles. The second-order valence-electron chi connectivity index (χ2n) is 6.71. The van der Waals surface area contributed by atoms with E-state index in [0.717, 1.165) is 42.1 Å². The van der Waals surface area contributed by atoms with Crippen molar-refractivity contribution in [2.75, 3.05) is 0 Å². The third-order valence-corrected chi connectivity index (χ3v) is 6.34. The zero-order chi connectivity index (χ0) is 17.3. The Morgan fingerprint density at radius 1 is 1.00 bits per heavy atom. The molecular formula is C19H26N2O2S2. The Morgan fingerprint density at radius 3 is 2.24 bits per heavy atom. The highest BCUT2D eigenvalue weighted by molar-refractivity contribution is 7.14. The number of ether oxygens (including phenoxy) is 1. The fraction of sp³-hybridized carbons (Fsp3) is 0.632. The number of hydrogen-bond acceptors (Lipinski definition) is 6. The van der Waals surface area contributed by atoms with Crippen molar-refractivity contribution in [3.63, 3.8) is 0 Å². The van der Waals surface area contributed by atoms with Crippen LogP contribution in [0.2, 0.25) is 0 Å². The highest BCUT2D eigenvalue weighted by Crippen LogP contribution is 2.29. The zero-order valence-corrected chi connectivity index (χ0v) is 16.2. The second-order valence-corrected chi connectivity index (χ2v) is 8.42. The van der Waals surface area contributed by atoms with Crippen molar-refractivity contribution in [3.8, 4) is 10.6 Å². The molecule has 0 amide bonds. The summed E-state index contributed by atoms with van der Waals surface area (Å²) in [5, 5.41) is 6.12. The Bertz CT molecular complexity index is 628. The largest absolute Gasteiger partial charge is 0.458 e. The van der Waals surface area contributed by atoms with Gasteiger partial charge in [0.15, 0.2) is 4.88 Å². The van der Waals surface area contributed by atoms with E-state index in [1.807, 2.05) is 17.5 Å². The highest BCUT2D eigenvalue weighted by atomic mass is 32.1. The van der Waals surface area contributed by atoms with Crippen LogP contribution >= 0.6 is 22.9 Å². The molecule has 3 rings (SSSR count). The normalized spacial score (nSPS) is 18.2. The maximum atomic E-state index is 12.7. The number of aromatic nitrogens is 2. The van der Waals surface area contributed by atoms with E-state index in [1.165, 1.54) is 44.9 Å². The van der Waals surface area contributed by atoms with Gasteiger partial charge in [-0.3, -0.25) is 0 Å². The van der Waals surface area contributed by atoms with E-state index in [0.29, 0.717) is 10.6 Å². The van der Waals surface area contributed by atoms with Crippen molar-refractivity contribution in [2.45, 2.75) is 76.7 Å². The van der Waals surface area contributed by atoms with Crippen LogP contribution in [-0.4, -0.2) is 21.7 Å². The van der Waals surface area contributed by atoms with Crippen molar-refractivity contribution >= 4 is 28.8 Å². The Morgan fingerprint density at radius 2 is 1.64 bits per heavy atom. The molecule has 6 heteroatoms. The van der Waals surface area contributed by atoms with Crippen molar-refractivity contribution in [3.05, 3.63) is 22.4 Å². The SMILES string of the molecule is O=C(OC1CCCCCCCCCCC1)c1snnc1-c1cccs1. The van der Waals surface area contributed by atoms with Crippen molar-refractivity contribution in [1.29, 1.82) is 0 Å². The van der Waals surface area contributed by atoms with Crippen LogP contribution in [0, 0.1) is 0 Å². The van der Waals surface area contributed by atoms with Gasteiger partial charge in [0.2, 0.25) is 0 Å². The summed E-state index contributed by atoms with van der Waals surface area (Å²) in [4.78, 5) is 14.2. The molecule has 1 aliphatic carbocycles. The average Bonchev–Trinajstić information content (AvgIpc) is 3.28. The summed E-state index contributed by atoms with van der Waals surface area (Å²) in [5.41, 5.74) is 0.665. The number of esters is 1. The number of carbonyl (C=O) groups is 1. The molecule has 0 saturated heterocycles. The Labute approximate surface area is 157 Å². The fourth-order valence-electron chi connectivity index (χ4n) is 3.35. The van der Waals surface area contributed by atoms with E-state index in [2.05, 4.69) is 9.59 Å². The molecule has 0 spiro atoms. The van der Waals surface area contributed by atoms with Crippen LogP contribution in [0.3, 0.4) is 0 Å². The van der Waals surface area contributed by atoms with Crippen LogP contribution in [-0.2, 0) is 4.74 Å². The lowest BCUT2D eigenvalue weighted by Gasteiger charge is -2.18. The molecule has 0 radical (unpaired) electrons. The van der Waals surface area contributed by atoms with Gasteiger partial charge in [0, 0.05) is 0 Å². The molecular weight excluding hydrogens is 352 g/mol. The van der Waals surface area contributed by atoms with E-state index in [1.54, 1.807) is 11.3 Å². The van der Waals surface area contributed by atoms with Crippen LogP contribution in [0.5, 0.6) is 0 Å². The van der Waals surface area contributed by atoms with Gasteiger partial charge in [-0.25, -0.2) is 4.79 Å². The van der Waals surface area contributed by atoms with Crippen LogP contribution in [0.15, 0.2) is 17.5 Å². The van der Waals surface area contributed by atoms with Crippen molar-refractivity contribution in [2.24, 2.45) is 0 Å². The molecule has 1 aliphatic rings. The minimum absolute atomic E-state index is 0.0326. The lowest BCUT2D eigenvalue weighted by atomic mass is 9.99. The van der Waals surface area contributed by atoms with Gasteiger partial charge in [-0.05, 0) is 48.7 Å². The van der Waals surface area contributed by atoms with Crippen molar-refractivity contribution < 1.29 is 9.53 Å². The number of nitrogens with zero attached hydrogens (tertiary/aromatic N) is 2. The summed E-state index contributed by atoms with van der Waals surface area (Å²) in [6, 6.07) is 3.93. The molecule has 0 aliphatic heterocycles. The van der Waals surface area contributed by atoms with Gasteiger partial charge < -0.3 is 4.74 Å². The summed E-state index contributed by atoms with van der Waals surface area (Å²) < 4.78 is 9.85. The Kier molecular flexibility index (Phi) is 7.42. The predicted octanol–water partition coefficient (Wildman–Crippen LogP) is 6.10. The van der Waals surface area contributed by atoms with Crippen LogP contribution in [0.1, 0.15) is 80.3 Å². The lowest BCUT2D eigenvalue weighted by Crippen LogP contribution is -2.18. The van der Waals surface area contributed by atoms with Crippen molar-refractivity contribution in [1.82, 2.24) is 9.59 Å². The molecule has 0 N–H and O–H groups in total. The molecule has 0 unspecified atom stereocenters. The van der Waals surface area contributed by atoms with E-state index >= 15 is 0 Å². The monoisotopic (exact) mass is 378 g/mol. The summed E-state index contributed by atoms with van der Waals surface area (Å²) >= 11 is 2.71. The maximum Gasteiger partial charge on any atom is 0.352 e. The molecule has 0 aromatic carbocycles. The van der Waals surface area contributed by atoms with Gasteiger partial charge in [-0.1, -0.05) is 55.5 Å². The summed E-state index contributed by atoms with van der Waals surface area (Å²) in [6.45, 7) is 0. The smallest absolute Gasteiger partial charge is 0.352 e. The second kappa shape index (κ2) is 10.0.